The minimum atomic E-state index is -1.18. The number of amides is 1. The first-order valence-electron chi connectivity index (χ1n) is 8.84. The standard InChI is InChI=1S/C21H19FN2O5/c1-11(20(28)23-10-18(26)27)19-12(2)24(17-7-6-15(25)9-16(17)19)21(29)13-4-3-5-14(22)8-13/h3-9,11,25H,10H2,1-2H3,(H,23,28)(H,26,27)/t11-/m1/s1. The summed E-state index contributed by atoms with van der Waals surface area (Å²) in [4.78, 5) is 36.3. The van der Waals surface area contributed by atoms with E-state index < -0.39 is 36.1 Å². The summed E-state index contributed by atoms with van der Waals surface area (Å²) in [7, 11) is 0. The summed E-state index contributed by atoms with van der Waals surface area (Å²) in [6, 6.07) is 9.66. The predicted octanol–water partition coefficient (Wildman–Crippen LogP) is 2.79. The highest BCUT2D eigenvalue weighted by molar-refractivity contribution is 6.05. The van der Waals surface area contributed by atoms with Crippen molar-refractivity contribution in [3.8, 4) is 5.75 Å². The zero-order valence-electron chi connectivity index (χ0n) is 15.8. The summed E-state index contributed by atoms with van der Waals surface area (Å²) in [6.07, 6.45) is 0. The van der Waals surface area contributed by atoms with E-state index in [0.717, 1.165) is 6.07 Å². The lowest BCUT2D eigenvalue weighted by Crippen LogP contribution is -2.32. The van der Waals surface area contributed by atoms with Crippen LogP contribution in [0.2, 0.25) is 0 Å². The molecule has 0 unspecified atom stereocenters. The molecule has 1 aromatic heterocycles. The summed E-state index contributed by atoms with van der Waals surface area (Å²) >= 11 is 0. The van der Waals surface area contributed by atoms with Gasteiger partial charge < -0.3 is 15.5 Å². The third-order valence-electron chi connectivity index (χ3n) is 4.75. The Bertz CT molecular complexity index is 1140. The van der Waals surface area contributed by atoms with Gasteiger partial charge >= 0.3 is 5.97 Å². The molecule has 150 valence electrons. The number of fused-ring (bicyclic) bond motifs is 1. The number of benzene rings is 2. The quantitative estimate of drug-likeness (QED) is 0.612. The van der Waals surface area contributed by atoms with Crippen LogP contribution in [0.1, 0.15) is 34.5 Å². The molecule has 0 aliphatic rings. The van der Waals surface area contributed by atoms with Crippen LogP contribution in [0.15, 0.2) is 42.5 Å². The molecule has 1 atom stereocenters. The first-order valence-corrected chi connectivity index (χ1v) is 8.84. The third-order valence-corrected chi connectivity index (χ3v) is 4.75. The average molecular weight is 398 g/mol. The van der Waals surface area contributed by atoms with E-state index in [9.17, 15) is 23.9 Å². The Kier molecular flexibility index (Phi) is 5.36. The first-order chi connectivity index (χ1) is 13.7. The van der Waals surface area contributed by atoms with Crippen molar-refractivity contribution in [2.45, 2.75) is 19.8 Å². The van der Waals surface area contributed by atoms with Crippen LogP contribution in [0.3, 0.4) is 0 Å². The van der Waals surface area contributed by atoms with Gasteiger partial charge in [-0.2, -0.15) is 0 Å². The van der Waals surface area contributed by atoms with Gasteiger partial charge in [0.1, 0.15) is 18.1 Å². The van der Waals surface area contributed by atoms with Gasteiger partial charge in [-0.15, -0.1) is 0 Å². The number of phenols is 1. The van der Waals surface area contributed by atoms with Crippen molar-refractivity contribution in [2.75, 3.05) is 6.54 Å². The van der Waals surface area contributed by atoms with Crippen LogP contribution in [-0.2, 0) is 9.59 Å². The second-order valence-electron chi connectivity index (χ2n) is 6.68. The number of carbonyl (C=O) groups excluding carboxylic acids is 2. The molecule has 2 aromatic carbocycles. The van der Waals surface area contributed by atoms with E-state index in [1.807, 2.05) is 0 Å². The minimum absolute atomic E-state index is 0.0488. The SMILES string of the molecule is Cc1c([C@@H](C)C(=O)NCC(=O)O)c2cc(O)ccc2n1C(=O)c1cccc(F)c1. The minimum Gasteiger partial charge on any atom is -0.508 e. The summed E-state index contributed by atoms with van der Waals surface area (Å²) in [5.41, 5.74) is 1.50. The van der Waals surface area contributed by atoms with Gasteiger partial charge in [0.25, 0.3) is 5.91 Å². The van der Waals surface area contributed by atoms with Crippen LogP contribution in [0.5, 0.6) is 5.75 Å². The average Bonchev–Trinajstić information content (AvgIpc) is 2.95. The number of halogens is 1. The van der Waals surface area contributed by atoms with E-state index in [0.29, 0.717) is 22.2 Å². The molecule has 0 aliphatic carbocycles. The van der Waals surface area contributed by atoms with E-state index in [-0.39, 0.29) is 11.3 Å². The van der Waals surface area contributed by atoms with Gasteiger partial charge in [0.2, 0.25) is 5.91 Å². The molecule has 7 nitrogen and oxygen atoms in total. The Morgan fingerprint density at radius 1 is 1.17 bits per heavy atom. The maximum atomic E-state index is 13.6. The van der Waals surface area contributed by atoms with Crippen molar-refractivity contribution in [1.82, 2.24) is 9.88 Å². The smallest absolute Gasteiger partial charge is 0.322 e. The molecule has 8 heteroatoms. The Morgan fingerprint density at radius 3 is 2.55 bits per heavy atom. The van der Waals surface area contributed by atoms with Gasteiger partial charge in [-0.25, -0.2) is 4.39 Å². The van der Waals surface area contributed by atoms with E-state index in [1.54, 1.807) is 19.9 Å². The molecule has 0 saturated heterocycles. The number of hydrogen-bond donors (Lipinski definition) is 3. The van der Waals surface area contributed by atoms with Crippen LogP contribution in [-0.4, -0.2) is 39.1 Å². The lowest BCUT2D eigenvalue weighted by molar-refractivity contribution is -0.138. The summed E-state index contributed by atoms with van der Waals surface area (Å²) in [6.45, 7) is 2.69. The van der Waals surface area contributed by atoms with E-state index in [1.165, 1.54) is 34.9 Å². The molecule has 0 bridgehead atoms. The van der Waals surface area contributed by atoms with Gasteiger partial charge in [0, 0.05) is 16.6 Å². The van der Waals surface area contributed by atoms with Gasteiger partial charge in [-0.3, -0.25) is 19.0 Å². The lowest BCUT2D eigenvalue weighted by Gasteiger charge is -2.13. The van der Waals surface area contributed by atoms with Crippen molar-refractivity contribution in [3.05, 3.63) is 65.1 Å². The molecule has 0 aliphatic heterocycles. The molecule has 0 radical (unpaired) electrons. The molecule has 0 saturated carbocycles. The molecule has 1 amide bonds. The van der Waals surface area contributed by atoms with Crippen molar-refractivity contribution >= 4 is 28.7 Å². The highest BCUT2D eigenvalue weighted by Gasteiger charge is 2.27. The lowest BCUT2D eigenvalue weighted by atomic mass is 9.97. The second kappa shape index (κ2) is 7.75. The number of aromatic hydroxyl groups is 1. The van der Waals surface area contributed by atoms with Crippen molar-refractivity contribution in [2.24, 2.45) is 0 Å². The van der Waals surface area contributed by atoms with Crippen LogP contribution >= 0.6 is 0 Å². The molecule has 1 heterocycles. The number of rotatable bonds is 5. The number of aromatic nitrogens is 1. The Morgan fingerprint density at radius 2 is 1.90 bits per heavy atom. The maximum Gasteiger partial charge on any atom is 0.322 e. The number of phenolic OH excluding ortho intramolecular Hbond substituents is 1. The Hall–Kier alpha value is -3.68. The molecular weight excluding hydrogens is 379 g/mol. The monoisotopic (exact) mass is 398 g/mol. The number of carboxylic acids is 1. The first kappa shape index (κ1) is 20.1. The molecular formula is C21H19FN2O5. The summed E-state index contributed by atoms with van der Waals surface area (Å²) in [5.74, 6) is -3.58. The largest absolute Gasteiger partial charge is 0.508 e. The Labute approximate surface area is 165 Å². The van der Waals surface area contributed by atoms with Crippen LogP contribution in [0.4, 0.5) is 4.39 Å². The second-order valence-corrected chi connectivity index (χ2v) is 6.68. The summed E-state index contributed by atoms with van der Waals surface area (Å²) in [5, 5.41) is 21.5. The van der Waals surface area contributed by atoms with Crippen molar-refractivity contribution in [3.63, 3.8) is 0 Å². The number of aliphatic carboxylic acids is 1. The topological polar surface area (TPSA) is 109 Å². The fraction of sp³-hybridized carbons (Fsp3) is 0.190. The molecule has 0 spiro atoms. The zero-order valence-corrected chi connectivity index (χ0v) is 15.8. The fourth-order valence-corrected chi connectivity index (χ4v) is 3.44. The van der Waals surface area contributed by atoms with Crippen LogP contribution in [0, 0.1) is 12.7 Å². The van der Waals surface area contributed by atoms with E-state index in [4.69, 9.17) is 5.11 Å². The number of nitrogens with zero attached hydrogens (tertiary/aromatic N) is 1. The van der Waals surface area contributed by atoms with Crippen LogP contribution in [0.25, 0.3) is 10.9 Å². The van der Waals surface area contributed by atoms with Gasteiger partial charge in [-0.1, -0.05) is 6.07 Å². The number of hydrogen-bond acceptors (Lipinski definition) is 4. The fourth-order valence-electron chi connectivity index (χ4n) is 3.44. The molecule has 3 rings (SSSR count). The highest BCUT2D eigenvalue weighted by atomic mass is 19.1. The Balaban J connectivity index is 2.15. The number of nitrogens with one attached hydrogen (secondary N) is 1. The van der Waals surface area contributed by atoms with Gasteiger partial charge in [0.15, 0.2) is 0 Å². The molecule has 0 fully saturated rings. The van der Waals surface area contributed by atoms with Gasteiger partial charge in [-0.05, 0) is 55.8 Å². The number of carbonyl (C=O) groups is 3. The van der Waals surface area contributed by atoms with Gasteiger partial charge in [0.05, 0.1) is 11.4 Å². The molecule has 3 N–H and O–H groups in total. The number of carboxylic acid groups (broad SMARTS) is 1. The summed E-state index contributed by atoms with van der Waals surface area (Å²) < 4.78 is 15.0. The van der Waals surface area contributed by atoms with Crippen molar-refractivity contribution in [1.29, 1.82) is 0 Å². The zero-order chi connectivity index (χ0) is 21.3. The molecule has 3 aromatic rings. The highest BCUT2D eigenvalue weighted by Crippen LogP contribution is 2.34. The van der Waals surface area contributed by atoms with E-state index >= 15 is 0 Å². The molecule has 29 heavy (non-hydrogen) atoms. The third kappa shape index (κ3) is 3.82. The van der Waals surface area contributed by atoms with Crippen LogP contribution < -0.4 is 5.32 Å². The normalized spacial score (nSPS) is 12.0. The van der Waals surface area contributed by atoms with Crippen molar-refractivity contribution < 1.29 is 29.0 Å². The maximum absolute atomic E-state index is 13.6. The van der Waals surface area contributed by atoms with E-state index in [2.05, 4.69) is 5.32 Å². The predicted molar refractivity (Wildman–Crippen MR) is 104 cm³/mol.